The Morgan fingerprint density at radius 2 is 2.15 bits per heavy atom. The van der Waals surface area contributed by atoms with Gasteiger partial charge in [0, 0.05) is 25.1 Å². The molecule has 0 aromatic carbocycles. The second kappa shape index (κ2) is 8.01. The fourth-order valence-electron chi connectivity index (χ4n) is 2.81. The van der Waals surface area contributed by atoms with Crippen molar-refractivity contribution in [1.29, 1.82) is 0 Å². The van der Waals surface area contributed by atoms with Gasteiger partial charge in [-0.25, -0.2) is 9.97 Å². The third-order valence-corrected chi connectivity index (χ3v) is 5.38. The van der Waals surface area contributed by atoms with E-state index in [1.165, 1.54) is 22.2 Å². The van der Waals surface area contributed by atoms with Gasteiger partial charge >= 0.3 is 0 Å². The van der Waals surface area contributed by atoms with Gasteiger partial charge in [-0.15, -0.1) is 11.3 Å². The lowest BCUT2D eigenvalue weighted by molar-refractivity contribution is 0.0950. The molecule has 0 fully saturated rings. The van der Waals surface area contributed by atoms with Crippen LogP contribution >= 0.6 is 11.3 Å². The van der Waals surface area contributed by atoms with Crippen molar-refractivity contribution in [2.24, 2.45) is 0 Å². The van der Waals surface area contributed by atoms with Gasteiger partial charge in [0.1, 0.15) is 22.5 Å². The van der Waals surface area contributed by atoms with Crippen LogP contribution in [0, 0.1) is 20.8 Å². The first kappa shape index (κ1) is 19.2. The second-order valence-electron chi connectivity index (χ2n) is 6.23. The zero-order valence-electron chi connectivity index (χ0n) is 15.8. The third-order valence-electron chi connectivity index (χ3n) is 4.30. The molecule has 0 radical (unpaired) electrons. The second-order valence-corrected chi connectivity index (χ2v) is 7.52. The summed E-state index contributed by atoms with van der Waals surface area (Å²) < 4.78 is 12.0. The van der Waals surface area contributed by atoms with Crippen LogP contribution in [0.25, 0.3) is 11.1 Å². The lowest BCUT2D eigenvalue weighted by atomic mass is 10.2. The smallest absolute Gasteiger partial charge is 0.265 e. The van der Waals surface area contributed by atoms with Crippen molar-refractivity contribution in [3.05, 3.63) is 43.6 Å². The van der Waals surface area contributed by atoms with E-state index in [4.69, 9.17) is 9.15 Å². The lowest BCUT2D eigenvalue weighted by Gasteiger charge is -2.05. The summed E-state index contributed by atoms with van der Waals surface area (Å²) in [6, 6.07) is 0. The number of fused-ring (bicyclic) bond motifs is 1. The summed E-state index contributed by atoms with van der Waals surface area (Å²) in [4.78, 5) is 35.3. The predicted octanol–water partition coefficient (Wildman–Crippen LogP) is 2.34. The minimum absolute atomic E-state index is 0.173. The van der Waals surface area contributed by atoms with Crippen molar-refractivity contribution < 1.29 is 13.9 Å². The number of rotatable bonds is 7. The van der Waals surface area contributed by atoms with E-state index < -0.39 is 0 Å². The van der Waals surface area contributed by atoms with Crippen molar-refractivity contribution >= 4 is 28.3 Å². The average molecular weight is 390 g/mol. The van der Waals surface area contributed by atoms with E-state index in [2.05, 4.69) is 15.3 Å². The number of carbonyl (C=O) groups excluding carboxylic acids is 1. The number of methoxy groups -OCH3 is 1. The maximum Gasteiger partial charge on any atom is 0.265 e. The molecule has 0 aliphatic carbocycles. The molecule has 3 aromatic heterocycles. The topological polar surface area (TPSA) is 99.2 Å². The van der Waals surface area contributed by atoms with Crippen LogP contribution in [0.15, 0.2) is 15.5 Å². The Kier molecular flexibility index (Phi) is 5.71. The molecule has 0 saturated heterocycles. The number of aromatic nitrogens is 3. The fourth-order valence-corrected chi connectivity index (χ4v) is 3.68. The molecule has 9 heteroatoms. The Labute approximate surface area is 160 Å². The summed E-state index contributed by atoms with van der Waals surface area (Å²) in [6.45, 7) is 6.87. The largest absolute Gasteiger partial charge is 0.442 e. The number of amides is 1. The van der Waals surface area contributed by atoms with Gasteiger partial charge in [0.05, 0.1) is 17.8 Å². The number of aryl methyl sites for hydroxylation is 4. The Morgan fingerprint density at radius 1 is 1.37 bits per heavy atom. The quantitative estimate of drug-likeness (QED) is 0.622. The molecule has 8 nitrogen and oxygen atoms in total. The molecule has 0 bridgehead atoms. The van der Waals surface area contributed by atoms with E-state index in [-0.39, 0.29) is 28.1 Å². The van der Waals surface area contributed by atoms with Gasteiger partial charge in [-0.05, 0) is 27.2 Å². The summed E-state index contributed by atoms with van der Waals surface area (Å²) in [5.41, 5.74) is 1.07. The summed E-state index contributed by atoms with van der Waals surface area (Å²) >= 11 is 1.54. The SMILES string of the molecule is COCCCn1cnc2oc(C)c(C(=O)NCc3nc(C)c(C)s3)c2c1=O. The van der Waals surface area contributed by atoms with E-state index in [0.29, 0.717) is 31.9 Å². The molecule has 0 spiro atoms. The summed E-state index contributed by atoms with van der Waals surface area (Å²) in [7, 11) is 1.61. The summed E-state index contributed by atoms with van der Waals surface area (Å²) in [5.74, 6) is -0.00135. The van der Waals surface area contributed by atoms with E-state index >= 15 is 0 Å². The van der Waals surface area contributed by atoms with Crippen LogP contribution in [-0.2, 0) is 17.8 Å². The summed E-state index contributed by atoms with van der Waals surface area (Å²) in [6.07, 6.45) is 2.11. The Hall–Kier alpha value is -2.52. The fraction of sp³-hybridized carbons (Fsp3) is 0.444. The van der Waals surface area contributed by atoms with Crippen molar-refractivity contribution in [3.8, 4) is 0 Å². The van der Waals surface area contributed by atoms with Crippen LogP contribution in [-0.4, -0.2) is 34.2 Å². The number of furan rings is 1. The van der Waals surface area contributed by atoms with Crippen LogP contribution in [0.2, 0.25) is 0 Å². The number of carbonyl (C=O) groups is 1. The highest BCUT2D eigenvalue weighted by Crippen LogP contribution is 2.21. The highest BCUT2D eigenvalue weighted by atomic mass is 32.1. The first-order valence-electron chi connectivity index (χ1n) is 8.61. The molecule has 3 rings (SSSR count). The highest BCUT2D eigenvalue weighted by Gasteiger charge is 2.23. The van der Waals surface area contributed by atoms with Crippen LogP contribution in [0.1, 0.15) is 38.1 Å². The molecule has 0 aliphatic heterocycles. The summed E-state index contributed by atoms with van der Waals surface area (Å²) in [5, 5.41) is 3.85. The number of nitrogens with one attached hydrogen (secondary N) is 1. The monoisotopic (exact) mass is 390 g/mol. The van der Waals surface area contributed by atoms with E-state index in [0.717, 1.165) is 15.6 Å². The molecule has 0 saturated carbocycles. The molecular formula is C18H22N4O4S. The van der Waals surface area contributed by atoms with Crippen LogP contribution in [0.3, 0.4) is 0 Å². The molecule has 0 aliphatic rings. The number of thiazole rings is 1. The van der Waals surface area contributed by atoms with Gasteiger partial charge in [0.25, 0.3) is 11.5 Å². The Morgan fingerprint density at radius 3 is 2.81 bits per heavy atom. The van der Waals surface area contributed by atoms with Gasteiger partial charge in [-0.2, -0.15) is 0 Å². The van der Waals surface area contributed by atoms with E-state index in [9.17, 15) is 9.59 Å². The first-order valence-corrected chi connectivity index (χ1v) is 9.42. The number of hydrogen-bond acceptors (Lipinski definition) is 7. The van der Waals surface area contributed by atoms with Crippen molar-refractivity contribution in [3.63, 3.8) is 0 Å². The first-order chi connectivity index (χ1) is 12.9. The van der Waals surface area contributed by atoms with E-state index in [1.807, 2.05) is 13.8 Å². The Balaban J connectivity index is 1.88. The maximum absolute atomic E-state index is 12.8. The zero-order valence-corrected chi connectivity index (χ0v) is 16.6. The van der Waals surface area contributed by atoms with Gasteiger partial charge < -0.3 is 14.5 Å². The van der Waals surface area contributed by atoms with Crippen LogP contribution in [0.4, 0.5) is 0 Å². The van der Waals surface area contributed by atoms with Gasteiger partial charge in [-0.3, -0.25) is 14.2 Å². The Bertz CT molecular complexity index is 1010. The van der Waals surface area contributed by atoms with Crippen molar-refractivity contribution in [2.45, 2.75) is 40.3 Å². The molecule has 0 unspecified atom stereocenters. The van der Waals surface area contributed by atoms with Gasteiger partial charge in [0.15, 0.2) is 0 Å². The molecule has 1 N–H and O–H groups in total. The van der Waals surface area contributed by atoms with Crippen LogP contribution < -0.4 is 10.9 Å². The number of ether oxygens (including phenoxy) is 1. The molecule has 27 heavy (non-hydrogen) atoms. The number of hydrogen-bond donors (Lipinski definition) is 1. The predicted molar refractivity (Wildman–Crippen MR) is 102 cm³/mol. The highest BCUT2D eigenvalue weighted by molar-refractivity contribution is 7.11. The van der Waals surface area contributed by atoms with Crippen molar-refractivity contribution in [1.82, 2.24) is 19.9 Å². The molecule has 3 heterocycles. The molecular weight excluding hydrogens is 368 g/mol. The van der Waals surface area contributed by atoms with Crippen molar-refractivity contribution in [2.75, 3.05) is 13.7 Å². The van der Waals surface area contributed by atoms with Gasteiger partial charge in [-0.1, -0.05) is 0 Å². The standard InChI is InChI=1S/C18H22N4O4S/c1-10-12(3)27-13(21-10)8-19-16(23)14-11(2)26-17-15(14)18(24)22(9-20-17)6-5-7-25-4/h9H,5-8H2,1-4H3,(H,19,23). The molecule has 144 valence electrons. The van der Waals surface area contributed by atoms with Crippen LogP contribution in [0.5, 0.6) is 0 Å². The molecule has 3 aromatic rings. The van der Waals surface area contributed by atoms with Gasteiger partial charge in [0.2, 0.25) is 5.71 Å². The number of nitrogens with zero attached hydrogens (tertiary/aromatic N) is 3. The molecule has 1 amide bonds. The third kappa shape index (κ3) is 3.93. The normalized spacial score (nSPS) is 11.3. The van der Waals surface area contributed by atoms with E-state index in [1.54, 1.807) is 14.0 Å². The lowest BCUT2D eigenvalue weighted by Crippen LogP contribution is -2.26. The minimum Gasteiger partial charge on any atom is -0.442 e. The maximum atomic E-state index is 12.8. The zero-order chi connectivity index (χ0) is 19.6. The molecule has 0 atom stereocenters. The average Bonchev–Trinajstić information content (AvgIpc) is 3.14. The minimum atomic E-state index is -0.370.